The van der Waals surface area contributed by atoms with Crippen LogP contribution in [0.3, 0.4) is 0 Å². The Bertz CT molecular complexity index is 508. The van der Waals surface area contributed by atoms with Gasteiger partial charge in [0.25, 0.3) is 5.91 Å². The van der Waals surface area contributed by atoms with Crippen LogP contribution in [0.15, 0.2) is 24.3 Å². The van der Waals surface area contributed by atoms with Gasteiger partial charge in [-0.15, -0.1) is 0 Å². The molecule has 1 saturated heterocycles. The fourth-order valence-corrected chi connectivity index (χ4v) is 2.42. The van der Waals surface area contributed by atoms with Gasteiger partial charge in [-0.3, -0.25) is 4.79 Å². The molecule has 0 spiro atoms. The van der Waals surface area contributed by atoms with Crippen LogP contribution in [0.25, 0.3) is 0 Å². The Morgan fingerprint density at radius 1 is 1.43 bits per heavy atom. The van der Waals surface area contributed by atoms with Crippen LogP contribution in [0.1, 0.15) is 5.56 Å². The summed E-state index contributed by atoms with van der Waals surface area (Å²) in [5, 5.41) is 3.42. The zero-order valence-corrected chi connectivity index (χ0v) is 14.2. The van der Waals surface area contributed by atoms with Crippen LogP contribution in [0.2, 0.25) is 0 Å². The van der Waals surface area contributed by atoms with Crippen molar-refractivity contribution in [2.75, 3.05) is 54.0 Å². The molecule has 1 amide bonds. The lowest BCUT2D eigenvalue weighted by molar-refractivity contribution is -0.130. The van der Waals surface area contributed by atoms with Gasteiger partial charge in [-0.25, -0.2) is 0 Å². The van der Waals surface area contributed by atoms with E-state index in [1.165, 1.54) is 4.90 Å². The lowest BCUT2D eigenvalue weighted by Gasteiger charge is -2.30. The van der Waals surface area contributed by atoms with E-state index in [9.17, 15) is 4.79 Å². The fraction of sp³-hybridized carbons (Fsp3) is 0.588. The molecule has 1 unspecified atom stereocenters. The van der Waals surface area contributed by atoms with Crippen molar-refractivity contribution in [3.05, 3.63) is 29.8 Å². The summed E-state index contributed by atoms with van der Waals surface area (Å²) in [6.07, 6.45) is 0.220. The highest BCUT2D eigenvalue weighted by atomic mass is 16.5. The smallest absolute Gasteiger partial charge is 0.259 e. The molecule has 1 heterocycles. The minimum Gasteiger partial charge on any atom is -0.483 e. The van der Waals surface area contributed by atoms with E-state index in [1.807, 2.05) is 24.3 Å². The SMILES string of the molecule is CN1CCOC(CNCc2ccccc2OCC(=O)N(C)C)C1. The molecule has 0 saturated carbocycles. The number of rotatable bonds is 7. The first-order valence-electron chi connectivity index (χ1n) is 7.98. The van der Waals surface area contributed by atoms with E-state index in [1.54, 1.807) is 14.1 Å². The van der Waals surface area contributed by atoms with Crippen LogP contribution in [0.5, 0.6) is 5.75 Å². The molecule has 6 nitrogen and oxygen atoms in total. The minimum atomic E-state index is -0.0496. The number of hydrogen-bond acceptors (Lipinski definition) is 5. The first kappa shape index (κ1) is 17.7. The lowest BCUT2D eigenvalue weighted by atomic mass is 10.2. The molecule has 6 heteroatoms. The van der Waals surface area contributed by atoms with Gasteiger partial charge in [0.15, 0.2) is 6.61 Å². The molecule has 0 aliphatic carbocycles. The Kier molecular flexibility index (Phi) is 6.83. The molecular weight excluding hydrogens is 294 g/mol. The standard InChI is InChI=1S/C17H27N3O3/c1-19(2)17(21)13-23-16-7-5-4-6-14(16)10-18-11-15-12-20(3)8-9-22-15/h4-7,15,18H,8-13H2,1-3H3. The van der Waals surface area contributed by atoms with Crippen LogP contribution < -0.4 is 10.1 Å². The first-order valence-corrected chi connectivity index (χ1v) is 7.98. The van der Waals surface area contributed by atoms with E-state index in [0.29, 0.717) is 6.54 Å². The normalized spacial score (nSPS) is 18.7. The number of amides is 1. The molecule has 1 atom stereocenters. The molecule has 0 bridgehead atoms. The zero-order chi connectivity index (χ0) is 16.7. The topological polar surface area (TPSA) is 54.0 Å². The third kappa shape index (κ3) is 5.82. The number of carbonyl (C=O) groups is 1. The summed E-state index contributed by atoms with van der Waals surface area (Å²) in [6.45, 7) is 4.27. The molecule has 0 aromatic heterocycles. The van der Waals surface area contributed by atoms with E-state index in [4.69, 9.17) is 9.47 Å². The molecule has 2 rings (SSSR count). The van der Waals surface area contributed by atoms with Gasteiger partial charge in [-0.05, 0) is 13.1 Å². The number of benzene rings is 1. The van der Waals surface area contributed by atoms with Gasteiger partial charge in [0.2, 0.25) is 0 Å². The van der Waals surface area contributed by atoms with E-state index in [2.05, 4.69) is 17.3 Å². The highest BCUT2D eigenvalue weighted by Crippen LogP contribution is 2.17. The molecule has 1 N–H and O–H groups in total. The van der Waals surface area contributed by atoms with Gasteiger partial charge in [0.05, 0.1) is 12.7 Å². The Morgan fingerprint density at radius 2 is 2.22 bits per heavy atom. The Labute approximate surface area is 138 Å². The molecular formula is C17H27N3O3. The molecule has 23 heavy (non-hydrogen) atoms. The monoisotopic (exact) mass is 321 g/mol. The van der Waals surface area contributed by atoms with Crippen molar-refractivity contribution in [2.24, 2.45) is 0 Å². The average Bonchev–Trinajstić information content (AvgIpc) is 2.53. The van der Waals surface area contributed by atoms with Crippen molar-refractivity contribution in [3.63, 3.8) is 0 Å². The van der Waals surface area contributed by atoms with Crippen molar-refractivity contribution in [1.29, 1.82) is 0 Å². The summed E-state index contributed by atoms with van der Waals surface area (Å²) in [5.41, 5.74) is 1.04. The van der Waals surface area contributed by atoms with Crippen LogP contribution in [-0.4, -0.2) is 75.8 Å². The molecule has 128 valence electrons. The molecule has 1 aromatic rings. The first-order chi connectivity index (χ1) is 11.1. The molecule has 1 aliphatic heterocycles. The van der Waals surface area contributed by atoms with Crippen molar-refractivity contribution in [3.8, 4) is 5.75 Å². The van der Waals surface area contributed by atoms with Crippen molar-refractivity contribution < 1.29 is 14.3 Å². The van der Waals surface area contributed by atoms with Gasteiger partial charge in [0.1, 0.15) is 5.75 Å². The molecule has 1 fully saturated rings. The Balaban J connectivity index is 1.81. The highest BCUT2D eigenvalue weighted by molar-refractivity contribution is 5.77. The van der Waals surface area contributed by atoms with Gasteiger partial charge < -0.3 is 24.6 Å². The number of nitrogens with one attached hydrogen (secondary N) is 1. The maximum atomic E-state index is 11.6. The van der Waals surface area contributed by atoms with E-state index in [0.717, 1.165) is 37.6 Å². The van der Waals surface area contributed by atoms with Crippen LogP contribution in [0.4, 0.5) is 0 Å². The number of nitrogens with zero attached hydrogens (tertiary/aromatic N) is 2. The van der Waals surface area contributed by atoms with Gasteiger partial charge >= 0.3 is 0 Å². The van der Waals surface area contributed by atoms with Crippen molar-refractivity contribution in [1.82, 2.24) is 15.1 Å². The van der Waals surface area contributed by atoms with Crippen LogP contribution >= 0.6 is 0 Å². The summed E-state index contributed by atoms with van der Waals surface area (Å²) < 4.78 is 11.4. The second-order valence-electron chi connectivity index (χ2n) is 6.07. The minimum absolute atomic E-state index is 0.0496. The van der Waals surface area contributed by atoms with E-state index < -0.39 is 0 Å². The summed E-state index contributed by atoms with van der Waals surface area (Å²) in [6, 6.07) is 7.79. The molecule has 1 aromatic carbocycles. The largest absolute Gasteiger partial charge is 0.483 e. The average molecular weight is 321 g/mol. The predicted octanol–water partition coefficient (Wildman–Crippen LogP) is 0.574. The fourth-order valence-electron chi connectivity index (χ4n) is 2.42. The lowest BCUT2D eigenvalue weighted by Crippen LogP contribution is -2.44. The van der Waals surface area contributed by atoms with E-state index >= 15 is 0 Å². The maximum Gasteiger partial charge on any atom is 0.259 e. The van der Waals surface area contributed by atoms with Crippen molar-refractivity contribution in [2.45, 2.75) is 12.6 Å². The summed E-state index contributed by atoms with van der Waals surface area (Å²) in [5.74, 6) is 0.697. The molecule has 0 radical (unpaired) electrons. The summed E-state index contributed by atoms with van der Waals surface area (Å²) in [4.78, 5) is 15.4. The molecule has 1 aliphatic rings. The van der Waals surface area contributed by atoms with Gasteiger partial charge in [0, 0.05) is 45.8 Å². The van der Waals surface area contributed by atoms with Crippen LogP contribution in [-0.2, 0) is 16.1 Å². The second kappa shape index (κ2) is 8.86. The van der Waals surface area contributed by atoms with Crippen LogP contribution in [0, 0.1) is 0 Å². The highest BCUT2D eigenvalue weighted by Gasteiger charge is 2.17. The second-order valence-corrected chi connectivity index (χ2v) is 6.07. The number of carbonyl (C=O) groups excluding carboxylic acids is 1. The number of likely N-dealkylation sites (N-methyl/N-ethyl adjacent to an activating group) is 2. The summed E-state index contributed by atoms with van der Waals surface area (Å²) >= 11 is 0. The third-order valence-corrected chi connectivity index (χ3v) is 3.85. The third-order valence-electron chi connectivity index (χ3n) is 3.85. The number of hydrogen-bond donors (Lipinski definition) is 1. The Hall–Kier alpha value is -1.63. The summed E-state index contributed by atoms with van der Waals surface area (Å²) in [7, 11) is 5.56. The number of para-hydroxylation sites is 1. The van der Waals surface area contributed by atoms with E-state index in [-0.39, 0.29) is 18.6 Å². The predicted molar refractivity (Wildman–Crippen MR) is 89.6 cm³/mol. The quantitative estimate of drug-likeness (QED) is 0.796. The van der Waals surface area contributed by atoms with Gasteiger partial charge in [-0.2, -0.15) is 0 Å². The van der Waals surface area contributed by atoms with Crippen molar-refractivity contribution >= 4 is 5.91 Å². The Morgan fingerprint density at radius 3 is 2.96 bits per heavy atom. The zero-order valence-electron chi connectivity index (χ0n) is 14.2. The van der Waals surface area contributed by atoms with Gasteiger partial charge in [-0.1, -0.05) is 18.2 Å². The number of morpholine rings is 1. The maximum absolute atomic E-state index is 11.6. The number of ether oxygens (including phenoxy) is 2.